The largest absolute Gasteiger partial charge is 0.409 e. The van der Waals surface area contributed by atoms with Crippen molar-refractivity contribution in [2.24, 2.45) is 17.9 Å². The lowest BCUT2D eigenvalue weighted by Crippen LogP contribution is -2.07. The zero-order chi connectivity index (χ0) is 16.6. The second-order valence-electron chi connectivity index (χ2n) is 5.19. The fourth-order valence-corrected chi connectivity index (χ4v) is 2.82. The second-order valence-corrected chi connectivity index (χ2v) is 5.63. The zero-order valence-corrected chi connectivity index (χ0v) is 13.5. The molecule has 2 heterocycles. The van der Waals surface area contributed by atoms with Gasteiger partial charge in [-0.15, -0.1) is 0 Å². The Morgan fingerprint density at radius 1 is 1.39 bits per heavy atom. The van der Waals surface area contributed by atoms with Crippen molar-refractivity contribution < 1.29 is 5.21 Å². The first-order valence-electron chi connectivity index (χ1n) is 6.97. The molecular formula is C16H16ClN5O. The summed E-state index contributed by atoms with van der Waals surface area (Å²) in [4.78, 5) is 0. The Morgan fingerprint density at radius 3 is 2.91 bits per heavy atom. The van der Waals surface area contributed by atoms with E-state index < -0.39 is 0 Å². The lowest BCUT2D eigenvalue weighted by molar-refractivity contribution is 0.319. The second kappa shape index (κ2) is 5.81. The van der Waals surface area contributed by atoms with E-state index in [0.29, 0.717) is 5.02 Å². The molecule has 0 amide bonds. The highest BCUT2D eigenvalue weighted by molar-refractivity contribution is 6.31. The van der Waals surface area contributed by atoms with E-state index in [1.165, 1.54) is 6.08 Å². The summed E-state index contributed by atoms with van der Waals surface area (Å²) in [6.45, 7) is 1.91. The zero-order valence-electron chi connectivity index (χ0n) is 12.7. The number of aromatic nitrogens is 3. The van der Waals surface area contributed by atoms with Gasteiger partial charge in [0.2, 0.25) is 0 Å². The smallest absolute Gasteiger partial charge is 0.162 e. The molecule has 23 heavy (non-hydrogen) atoms. The molecule has 0 aliphatic rings. The number of rotatable bonds is 3. The number of nitrogens with two attached hydrogens (primary N) is 1. The van der Waals surface area contributed by atoms with Gasteiger partial charge in [0, 0.05) is 29.2 Å². The predicted molar refractivity (Wildman–Crippen MR) is 92.2 cm³/mol. The number of halogens is 1. The molecule has 0 bridgehead atoms. The van der Waals surface area contributed by atoms with Crippen molar-refractivity contribution in [2.75, 3.05) is 0 Å². The molecule has 0 spiro atoms. The minimum atomic E-state index is 0.0309. The maximum atomic E-state index is 8.68. The van der Waals surface area contributed by atoms with E-state index in [1.807, 2.05) is 49.0 Å². The third-order valence-corrected chi connectivity index (χ3v) is 3.89. The summed E-state index contributed by atoms with van der Waals surface area (Å²) in [5.74, 6) is 0.921. The highest BCUT2D eigenvalue weighted by atomic mass is 35.5. The Labute approximate surface area is 138 Å². The molecule has 1 aromatic carbocycles. The Morgan fingerprint density at radius 2 is 2.17 bits per heavy atom. The van der Waals surface area contributed by atoms with Gasteiger partial charge >= 0.3 is 0 Å². The van der Waals surface area contributed by atoms with Crippen LogP contribution in [0, 0.1) is 6.92 Å². The molecule has 3 aromatic rings. The summed E-state index contributed by atoms with van der Waals surface area (Å²) >= 11 is 6.05. The van der Waals surface area contributed by atoms with Gasteiger partial charge in [-0.3, -0.25) is 4.68 Å². The van der Waals surface area contributed by atoms with Crippen LogP contribution in [0.5, 0.6) is 0 Å². The Bertz CT molecular complexity index is 935. The fourth-order valence-electron chi connectivity index (χ4n) is 2.64. The van der Waals surface area contributed by atoms with E-state index >= 15 is 0 Å². The van der Waals surface area contributed by atoms with Gasteiger partial charge < -0.3 is 15.5 Å². The van der Waals surface area contributed by atoms with E-state index in [9.17, 15) is 0 Å². The standard InChI is InChI=1S/C16H16ClN5O/c1-10-13(4-6-15(18)20-23)16(21(2)19-10)22-8-7-11-9-12(17)3-5-14(11)22/h3-9,23H,1-2H3,(H2,18,20). The molecule has 7 heteroatoms. The van der Waals surface area contributed by atoms with Gasteiger partial charge in [-0.25, -0.2) is 0 Å². The van der Waals surface area contributed by atoms with Crippen molar-refractivity contribution in [3.05, 3.63) is 52.8 Å². The number of hydrogen-bond acceptors (Lipinski definition) is 3. The first-order valence-corrected chi connectivity index (χ1v) is 7.35. The normalized spacial score (nSPS) is 12.6. The van der Waals surface area contributed by atoms with Gasteiger partial charge in [0.05, 0.1) is 11.2 Å². The van der Waals surface area contributed by atoms with Gasteiger partial charge in [0.15, 0.2) is 5.84 Å². The van der Waals surface area contributed by atoms with Crippen LogP contribution in [0.15, 0.2) is 41.7 Å². The molecule has 0 fully saturated rings. The lowest BCUT2D eigenvalue weighted by Gasteiger charge is -2.08. The van der Waals surface area contributed by atoms with Crippen molar-refractivity contribution in [1.82, 2.24) is 14.3 Å². The van der Waals surface area contributed by atoms with E-state index in [2.05, 4.69) is 10.3 Å². The lowest BCUT2D eigenvalue weighted by atomic mass is 10.2. The van der Waals surface area contributed by atoms with Crippen molar-refractivity contribution in [2.45, 2.75) is 6.92 Å². The van der Waals surface area contributed by atoms with Gasteiger partial charge in [0.1, 0.15) is 5.82 Å². The molecule has 0 radical (unpaired) electrons. The summed E-state index contributed by atoms with van der Waals surface area (Å²) in [6, 6.07) is 7.75. The highest BCUT2D eigenvalue weighted by Gasteiger charge is 2.15. The topological polar surface area (TPSA) is 81.4 Å². The number of fused-ring (bicyclic) bond motifs is 1. The maximum absolute atomic E-state index is 8.68. The van der Waals surface area contributed by atoms with E-state index in [-0.39, 0.29) is 5.84 Å². The van der Waals surface area contributed by atoms with Crippen LogP contribution in [0.1, 0.15) is 11.3 Å². The number of aryl methyl sites for hydroxylation is 2. The molecule has 3 N–H and O–H groups in total. The van der Waals surface area contributed by atoms with E-state index in [1.54, 1.807) is 10.8 Å². The quantitative estimate of drug-likeness (QED) is 0.335. The molecule has 6 nitrogen and oxygen atoms in total. The molecule has 2 aromatic heterocycles. The third kappa shape index (κ3) is 2.68. The first-order chi connectivity index (χ1) is 11.0. The molecular weight excluding hydrogens is 314 g/mol. The summed E-state index contributed by atoms with van der Waals surface area (Å²) in [6.07, 6.45) is 5.29. The van der Waals surface area contributed by atoms with Gasteiger partial charge in [-0.2, -0.15) is 5.10 Å². The van der Waals surface area contributed by atoms with Gasteiger partial charge in [0.25, 0.3) is 0 Å². The van der Waals surface area contributed by atoms with E-state index in [4.69, 9.17) is 22.5 Å². The van der Waals surface area contributed by atoms with Gasteiger partial charge in [-0.1, -0.05) is 16.8 Å². The molecule has 0 saturated carbocycles. The third-order valence-electron chi connectivity index (χ3n) is 3.65. The molecule has 0 atom stereocenters. The van der Waals surface area contributed by atoms with Crippen molar-refractivity contribution >= 4 is 34.4 Å². The SMILES string of the molecule is Cc1nn(C)c(-n2ccc3cc(Cl)ccc32)c1C=CC(N)=NO. The number of hydrogen-bond donors (Lipinski definition) is 2. The number of benzene rings is 1. The molecule has 0 saturated heterocycles. The summed E-state index contributed by atoms with van der Waals surface area (Å²) in [5.41, 5.74) is 8.28. The van der Waals surface area contributed by atoms with Crippen LogP contribution in [0.3, 0.4) is 0 Å². The van der Waals surface area contributed by atoms with Crippen molar-refractivity contribution in [3.8, 4) is 5.82 Å². The van der Waals surface area contributed by atoms with Gasteiger partial charge in [-0.05, 0) is 43.3 Å². The summed E-state index contributed by atoms with van der Waals surface area (Å²) < 4.78 is 3.84. The molecule has 0 aliphatic carbocycles. The van der Waals surface area contributed by atoms with Crippen LogP contribution in [-0.2, 0) is 7.05 Å². The minimum Gasteiger partial charge on any atom is -0.409 e. The van der Waals surface area contributed by atoms with Crippen LogP contribution in [0.25, 0.3) is 22.8 Å². The fraction of sp³-hybridized carbons (Fsp3) is 0.125. The Hall–Kier alpha value is -2.73. The van der Waals surface area contributed by atoms with Crippen molar-refractivity contribution in [3.63, 3.8) is 0 Å². The summed E-state index contributed by atoms with van der Waals surface area (Å²) in [5, 5.41) is 17.8. The Kier molecular flexibility index (Phi) is 3.83. The molecule has 0 unspecified atom stereocenters. The van der Waals surface area contributed by atoms with Crippen molar-refractivity contribution in [1.29, 1.82) is 0 Å². The average molecular weight is 330 g/mol. The van der Waals surface area contributed by atoms with Crippen LogP contribution >= 0.6 is 11.6 Å². The Balaban J connectivity index is 2.21. The maximum Gasteiger partial charge on any atom is 0.162 e. The number of oxime groups is 1. The minimum absolute atomic E-state index is 0.0309. The first kappa shape index (κ1) is 15.2. The molecule has 0 aliphatic heterocycles. The highest BCUT2D eigenvalue weighted by Crippen LogP contribution is 2.27. The van der Waals surface area contributed by atoms with Crippen LogP contribution in [0.2, 0.25) is 5.02 Å². The monoisotopic (exact) mass is 329 g/mol. The van der Waals surface area contributed by atoms with Crippen LogP contribution in [0.4, 0.5) is 0 Å². The van der Waals surface area contributed by atoms with Crippen LogP contribution < -0.4 is 5.73 Å². The number of nitrogens with zero attached hydrogens (tertiary/aromatic N) is 4. The molecule has 3 rings (SSSR count). The van der Waals surface area contributed by atoms with Crippen LogP contribution in [-0.4, -0.2) is 25.4 Å². The molecule has 118 valence electrons. The summed E-state index contributed by atoms with van der Waals surface area (Å²) in [7, 11) is 1.88. The number of amidine groups is 1. The predicted octanol–water partition coefficient (Wildman–Crippen LogP) is 3.09. The average Bonchev–Trinajstić information content (AvgIpc) is 3.04. The van der Waals surface area contributed by atoms with E-state index in [0.717, 1.165) is 28.0 Å².